The van der Waals surface area contributed by atoms with Crippen LogP contribution in [-0.2, 0) is 25.7 Å². The number of carbonyl (C=O) groups is 4. The van der Waals surface area contributed by atoms with E-state index in [1.807, 2.05) is 6.07 Å². The molecule has 0 aliphatic carbocycles. The molecule has 0 spiro atoms. The fraction of sp³-hybridized carbons (Fsp3) is 0.102. The van der Waals surface area contributed by atoms with E-state index in [9.17, 15) is 19.2 Å². The first kappa shape index (κ1) is 42.8. The summed E-state index contributed by atoms with van der Waals surface area (Å²) < 4.78 is 0. The van der Waals surface area contributed by atoms with Gasteiger partial charge in [0.05, 0.1) is 6.54 Å². The molecule has 4 amide bonds. The first-order chi connectivity index (χ1) is 31.1. The number of fused-ring (bicyclic) bond motifs is 15. The topological polar surface area (TPSA) is 222 Å². The van der Waals surface area contributed by atoms with E-state index < -0.39 is 0 Å². The van der Waals surface area contributed by atoms with Crippen LogP contribution in [0.3, 0.4) is 0 Å². The van der Waals surface area contributed by atoms with Crippen LogP contribution >= 0.6 is 0 Å². The minimum Gasteiger partial charge on any atom is -0.324 e. The SMILES string of the molecule is C=NC1=Nc2[nH]c(c3ccc(NC(=O)C(=C)C)cc23)N=C2N=C(N=c3[nH]c(c4ccc(NC(=O)C(=C)C)cc34)=NCc3cc(NC(=O)C(=C)C)ccc31)c1ccc(NC(=O)C(=C)C)cc12. The molecule has 2 aliphatic rings. The van der Waals surface area contributed by atoms with Crippen molar-refractivity contribution in [1.82, 2.24) is 9.97 Å². The Balaban J connectivity index is 1.43. The molecule has 2 aliphatic heterocycles. The van der Waals surface area contributed by atoms with Gasteiger partial charge in [-0.05, 0) is 113 Å². The Morgan fingerprint density at radius 3 is 1.58 bits per heavy atom. The number of nitrogens with zero attached hydrogens (tertiary/aromatic N) is 6. The number of hydrogen-bond acceptors (Lipinski definition) is 10. The molecule has 4 aromatic carbocycles. The van der Waals surface area contributed by atoms with Crippen LogP contribution in [0, 0.1) is 0 Å². The number of aromatic nitrogens is 2. The molecule has 6 N–H and O–H groups in total. The highest BCUT2D eigenvalue weighted by Crippen LogP contribution is 2.38. The summed E-state index contributed by atoms with van der Waals surface area (Å²) in [6, 6.07) is 21.2. The second-order valence-electron chi connectivity index (χ2n) is 15.6. The van der Waals surface area contributed by atoms with Crippen molar-refractivity contribution in [3.63, 3.8) is 0 Å². The summed E-state index contributed by atoms with van der Waals surface area (Å²) in [5.74, 6) is 0.0641. The molecule has 16 nitrogen and oxygen atoms in total. The standard InChI is InChI=1S/C49H42N12O4/c1-23(2)46(62)52-28-10-14-32-27(18-28)22-51-40-33-15-11-29(53-47(63)24(3)4)19-36(33)44(57-40)59-42-35-17-13-31(55-49(65)26(7)8)21-38(35)45(61-42)60-41-34-16-12-30(54-48(64)25(5)6)20-37(34)43(58-41)56-39(32)50-9/h10-21,58H,1,3,5,7,9,22H2,2,4,6,8H3,(H,52,62)(H,53,63)(H,54,64)(H,55,65)(H,51,57,59,60,61). The maximum Gasteiger partial charge on any atom is 0.250 e. The van der Waals surface area contributed by atoms with Crippen molar-refractivity contribution in [2.24, 2.45) is 30.0 Å². The van der Waals surface area contributed by atoms with Gasteiger partial charge in [-0.1, -0.05) is 26.3 Å². The molecule has 2 aromatic heterocycles. The molecule has 0 saturated carbocycles. The number of aromatic amines is 2. The molecule has 65 heavy (non-hydrogen) atoms. The number of aliphatic imine (C=N–C) groups is 4. The smallest absolute Gasteiger partial charge is 0.250 e. The van der Waals surface area contributed by atoms with Gasteiger partial charge in [-0.15, -0.1) is 0 Å². The van der Waals surface area contributed by atoms with Crippen LogP contribution in [-0.4, -0.2) is 57.8 Å². The summed E-state index contributed by atoms with van der Waals surface area (Å²) >= 11 is 0. The van der Waals surface area contributed by atoms with Crippen LogP contribution in [0.1, 0.15) is 49.9 Å². The van der Waals surface area contributed by atoms with Crippen LogP contribution in [0.25, 0.3) is 21.5 Å². The van der Waals surface area contributed by atoms with Crippen molar-refractivity contribution in [3.05, 3.63) is 155 Å². The predicted octanol–water partition coefficient (Wildman–Crippen LogP) is 7.78. The number of rotatable bonds is 8. The monoisotopic (exact) mass is 862 g/mol. The van der Waals surface area contributed by atoms with Crippen molar-refractivity contribution in [1.29, 1.82) is 0 Å². The number of amides is 4. The summed E-state index contributed by atoms with van der Waals surface area (Å²) in [5.41, 5.74) is 6.47. The second kappa shape index (κ2) is 17.1. The van der Waals surface area contributed by atoms with E-state index in [0.29, 0.717) is 117 Å². The first-order valence-corrected chi connectivity index (χ1v) is 20.2. The number of benzene rings is 4. The number of nitrogens with one attached hydrogen (secondary N) is 6. The minimum atomic E-state index is -0.357. The van der Waals surface area contributed by atoms with E-state index in [-0.39, 0.29) is 41.8 Å². The normalized spacial score (nSPS) is 12.7. The molecule has 0 fully saturated rings. The molecule has 4 heterocycles. The van der Waals surface area contributed by atoms with Gasteiger partial charge < -0.3 is 31.2 Å². The molecule has 322 valence electrons. The van der Waals surface area contributed by atoms with Gasteiger partial charge in [0.25, 0.3) is 23.6 Å². The third kappa shape index (κ3) is 8.63. The Labute approximate surface area is 371 Å². The van der Waals surface area contributed by atoms with E-state index in [0.717, 1.165) is 0 Å². The van der Waals surface area contributed by atoms with E-state index in [1.165, 1.54) is 0 Å². The summed E-state index contributed by atoms with van der Waals surface area (Å²) in [6.07, 6.45) is 0. The highest BCUT2D eigenvalue weighted by atomic mass is 16.2. The van der Waals surface area contributed by atoms with Crippen LogP contribution in [0.5, 0.6) is 0 Å². The second-order valence-corrected chi connectivity index (χ2v) is 15.6. The van der Waals surface area contributed by atoms with E-state index in [1.54, 1.807) is 94.4 Å². The van der Waals surface area contributed by atoms with Gasteiger partial charge in [0.15, 0.2) is 17.5 Å². The highest BCUT2D eigenvalue weighted by molar-refractivity contribution is 6.24. The maximum atomic E-state index is 12.8. The fourth-order valence-electron chi connectivity index (χ4n) is 6.96. The number of H-pyrrole nitrogens is 2. The van der Waals surface area contributed by atoms with Gasteiger partial charge in [-0.25, -0.2) is 25.0 Å². The third-order valence-electron chi connectivity index (χ3n) is 10.4. The van der Waals surface area contributed by atoms with Gasteiger partial charge in [0.2, 0.25) is 0 Å². The number of anilines is 4. The summed E-state index contributed by atoms with van der Waals surface area (Å²) in [4.78, 5) is 87.2. The van der Waals surface area contributed by atoms with Crippen molar-refractivity contribution >= 4 is 104 Å². The van der Waals surface area contributed by atoms with E-state index in [2.05, 4.69) is 69.3 Å². The molecule has 0 unspecified atom stereocenters. The maximum absolute atomic E-state index is 12.8. The molecule has 0 atom stereocenters. The van der Waals surface area contributed by atoms with Gasteiger partial charge in [0, 0.05) is 83.3 Å². The molecule has 6 aromatic rings. The van der Waals surface area contributed by atoms with E-state index >= 15 is 0 Å². The zero-order chi connectivity index (χ0) is 46.3. The van der Waals surface area contributed by atoms with E-state index in [4.69, 9.17) is 25.0 Å². The Hall–Kier alpha value is -8.92. The number of amidine groups is 3. The molecule has 0 radical (unpaired) electrons. The van der Waals surface area contributed by atoms with Crippen LogP contribution in [0.4, 0.5) is 34.4 Å². The van der Waals surface area contributed by atoms with Crippen LogP contribution in [0.2, 0.25) is 0 Å². The predicted molar refractivity (Wildman–Crippen MR) is 258 cm³/mol. The number of carbonyl (C=O) groups excluding carboxylic acids is 4. The summed E-state index contributed by atoms with van der Waals surface area (Å²) in [5, 5.41) is 14.0. The molecular formula is C49H42N12O4. The van der Waals surface area contributed by atoms with Crippen molar-refractivity contribution < 1.29 is 19.2 Å². The zero-order valence-electron chi connectivity index (χ0n) is 36.0. The largest absolute Gasteiger partial charge is 0.324 e. The Morgan fingerprint density at radius 2 is 1.00 bits per heavy atom. The minimum absolute atomic E-state index is 0.0629. The zero-order valence-corrected chi connectivity index (χ0v) is 36.0. The number of hydrogen-bond donors (Lipinski definition) is 6. The Bertz CT molecular complexity index is 3420. The molecule has 6 bridgehead atoms. The van der Waals surface area contributed by atoms with Crippen molar-refractivity contribution in [3.8, 4) is 0 Å². The highest BCUT2D eigenvalue weighted by Gasteiger charge is 2.25. The fourth-order valence-corrected chi connectivity index (χ4v) is 6.96. The van der Waals surface area contributed by atoms with Gasteiger partial charge in [-0.2, -0.15) is 0 Å². The lowest BCUT2D eigenvalue weighted by molar-refractivity contribution is -0.113. The van der Waals surface area contributed by atoms with Gasteiger partial charge in [-0.3, -0.25) is 24.2 Å². The lowest BCUT2D eigenvalue weighted by Gasteiger charge is -2.11. The third-order valence-corrected chi connectivity index (χ3v) is 10.4. The average Bonchev–Trinajstić information content (AvgIpc) is 3.91. The average molecular weight is 863 g/mol. The molecule has 8 rings (SSSR count). The molecule has 16 heteroatoms. The van der Waals surface area contributed by atoms with Gasteiger partial charge in [0.1, 0.15) is 22.6 Å². The van der Waals surface area contributed by atoms with Crippen molar-refractivity contribution in [2.75, 3.05) is 21.3 Å². The lowest BCUT2D eigenvalue weighted by atomic mass is 10.0. The first-order valence-electron chi connectivity index (χ1n) is 20.2. The Kier molecular flexibility index (Phi) is 11.2. The van der Waals surface area contributed by atoms with Gasteiger partial charge >= 0.3 is 0 Å². The molecule has 0 saturated heterocycles. The summed E-state index contributed by atoms with van der Waals surface area (Å²) in [7, 11) is 0. The molecular weight excluding hydrogens is 821 g/mol. The Morgan fingerprint density at radius 1 is 0.508 bits per heavy atom. The quantitative estimate of drug-likeness (QED) is 0.0666. The van der Waals surface area contributed by atoms with Crippen LogP contribution in [0.15, 0.2) is 151 Å². The summed E-state index contributed by atoms with van der Waals surface area (Å²) in [6.45, 7) is 25.5. The van der Waals surface area contributed by atoms with Crippen LogP contribution < -0.4 is 32.2 Å². The van der Waals surface area contributed by atoms with Crippen molar-refractivity contribution in [2.45, 2.75) is 34.2 Å². The lowest BCUT2D eigenvalue weighted by Crippen LogP contribution is -2.15.